The maximum Gasteiger partial charge on any atom is 0.264 e. The van der Waals surface area contributed by atoms with Gasteiger partial charge in [0.2, 0.25) is 0 Å². The van der Waals surface area contributed by atoms with Crippen molar-refractivity contribution in [3.63, 3.8) is 0 Å². The first-order valence-electron chi connectivity index (χ1n) is 9.19. The van der Waals surface area contributed by atoms with Gasteiger partial charge in [-0.25, -0.2) is 4.98 Å². The van der Waals surface area contributed by atoms with Crippen molar-refractivity contribution in [2.24, 2.45) is 0 Å². The Bertz CT molecular complexity index is 996. The second kappa shape index (κ2) is 7.62. The molecule has 1 saturated heterocycles. The summed E-state index contributed by atoms with van der Waals surface area (Å²) in [4.78, 5) is 23.6. The molecule has 1 amide bonds. The fourth-order valence-corrected chi connectivity index (χ4v) is 4.83. The maximum absolute atomic E-state index is 12.9. The molecule has 0 saturated carbocycles. The number of carbonyl (C=O) groups is 1. The monoisotopic (exact) mass is 403 g/mol. The zero-order valence-corrected chi connectivity index (χ0v) is 17.1. The molecular formula is C20H22ClN3O2S. The van der Waals surface area contributed by atoms with Crippen LogP contribution in [0.5, 0.6) is 5.75 Å². The fraction of sp³-hybridized carbons (Fsp3) is 0.400. The molecule has 0 aliphatic carbocycles. The molecule has 1 aliphatic heterocycles. The predicted octanol–water partition coefficient (Wildman–Crippen LogP) is 4.28. The van der Waals surface area contributed by atoms with E-state index in [1.807, 2.05) is 29.2 Å². The molecule has 2 aromatic heterocycles. The van der Waals surface area contributed by atoms with Crippen LogP contribution in [0.3, 0.4) is 0 Å². The van der Waals surface area contributed by atoms with E-state index < -0.39 is 0 Å². The van der Waals surface area contributed by atoms with Crippen molar-refractivity contribution >= 4 is 50.0 Å². The Morgan fingerprint density at radius 3 is 2.70 bits per heavy atom. The van der Waals surface area contributed by atoms with E-state index in [0.29, 0.717) is 16.3 Å². The van der Waals surface area contributed by atoms with E-state index in [-0.39, 0.29) is 5.91 Å². The third-order valence-electron chi connectivity index (χ3n) is 5.01. The van der Waals surface area contributed by atoms with Crippen molar-refractivity contribution in [1.29, 1.82) is 0 Å². The lowest BCUT2D eigenvalue weighted by Gasteiger charge is -2.34. The van der Waals surface area contributed by atoms with Crippen LogP contribution >= 0.6 is 22.9 Å². The minimum Gasteiger partial charge on any atom is -0.495 e. The van der Waals surface area contributed by atoms with Gasteiger partial charge in [0.1, 0.15) is 15.6 Å². The number of pyridine rings is 1. The number of nitrogens with zero attached hydrogens (tertiary/aromatic N) is 3. The summed E-state index contributed by atoms with van der Waals surface area (Å²) in [7, 11) is 1.59. The van der Waals surface area contributed by atoms with Crippen molar-refractivity contribution < 1.29 is 9.53 Å². The lowest BCUT2D eigenvalue weighted by Crippen LogP contribution is -2.48. The first kappa shape index (κ1) is 18.5. The van der Waals surface area contributed by atoms with Crippen LogP contribution in [0.1, 0.15) is 23.0 Å². The van der Waals surface area contributed by atoms with Gasteiger partial charge in [0.15, 0.2) is 0 Å². The van der Waals surface area contributed by atoms with E-state index in [0.717, 1.165) is 59.6 Å². The number of hydrogen-bond acceptors (Lipinski definition) is 5. The maximum atomic E-state index is 12.9. The molecule has 1 fully saturated rings. The molecule has 1 aromatic carbocycles. The number of aromatic nitrogens is 1. The average molecular weight is 404 g/mol. The van der Waals surface area contributed by atoms with Crippen molar-refractivity contribution in [2.75, 3.05) is 39.8 Å². The smallest absolute Gasteiger partial charge is 0.264 e. The van der Waals surface area contributed by atoms with Gasteiger partial charge in [0.25, 0.3) is 5.91 Å². The number of ether oxygens (including phenoxy) is 1. The van der Waals surface area contributed by atoms with Crippen LogP contribution in [0.15, 0.2) is 24.3 Å². The number of rotatable bonds is 4. The Hall–Kier alpha value is -1.89. The zero-order valence-electron chi connectivity index (χ0n) is 15.5. The molecule has 5 nitrogen and oxygen atoms in total. The van der Waals surface area contributed by atoms with Crippen molar-refractivity contribution in [2.45, 2.75) is 13.3 Å². The van der Waals surface area contributed by atoms with Crippen LogP contribution in [-0.4, -0.2) is 60.5 Å². The van der Waals surface area contributed by atoms with Gasteiger partial charge in [-0.05, 0) is 37.2 Å². The van der Waals surface area contributed by atoms with Crippen LogP contribution in [0.2, 0.25) is 5.02 Å². The summed E-state index contributed by atoms with van der Waals surface area (Å²) in [5.74, 6) is 0.704. The van der Waals surface area contributed by atoms with E-state index >= 15 is 0 Å². The Morgan fingerprint density at radius 1 is 1.22 bits per heavy atom. The Labute approximate surface area is 167 Å². The number of thiophene rings is 1. The molecule has 0 bridgehead atoms. The first-order chi connectivity index (χ1) is 13.1. The van der Waals surface area contributed by atoms with Gasteiger partial charge >= 0.3 is 0 Å². The Morgan fingerprint density at radius 2 is 2.00 bits per heavy atom. The number of halogens is 1. The summed E-state index contributed by atoms with van der Waals surface area (Å²) in [5, 5.41) is 2.42. The largest absolute Gasteiger partial charge is 0.495 e. The standard InChI is InChI=1S/C20H22ClN3O2S/c1-3-6-23-7-9-24(10-8-23)20(25)16-12-14-11-13-4-5-15(26-2)17(21)18(13)22-19(14)27-16/h4-5,11-12H,3,6-10H2,1-2H3. The minimum absolute atomic E-state index is 0.0990. The quantitative estimate of drug-likeness (QED) is 0.652. The molecule has 27 heavy (non-hydrogen) atoms. The van der Waals surface area contributed by atoms with Crippen LogP contribution in [0.25, 0.3) is 21.1 Å². The van der Waals surface area contributed by atoms with E-state index in [2.05, 4.69) is 11.8 Å². The molecule has 0 N–H and O–H groups in total. The van der Waals surface area contributed by atoms with Crippen LogP contribution in [0, 0.1) is 0 Å². The second-order valence-electron chi connectivity index (χ2n) is 6.78. The third kappa shape index (κ3) is 3.49. The summed E-state index contributed by atoms with van der Waals surface area (Å²) < 4.78 is 5.28. The highest BCUT2D eigenvalue weighted by molar-refractivity contribution is 7.20. The molecule has 1 aliphatic rings. The molecule has 0 unspecified atom stereocenters. The molecule has 142 valence electrons. The highest BCUT2D eigenvalue weighted by atomic mass is 35.5. The molecular weight excluding hydrogens is 382 g/mol. The van der Waals surface area contributed by atoms with E-state index in [1.165, 1.54) is 11.3 Å². The van der Waals surface area contributed by atoms with E-state index in [4.69, 9.17) is 21.3 Å². The van der Waals surface area contributed by atoms with Gasteiger partial charge < -0.3 is 9.64 Å². The fourth-order valence-electron chi connectivity index (χ4n) is 3.56. The van der Waals surface area contributed by atoms with Gasteiger partial charge in [-0.3, -0.25) is 9.69 Å². The van der Waals surface area contributed by atoms with Crippen molar-refractivity contribution in [1.82, 2.24) is 14.8 Å². The molecule has 3 aromatic rings. The highest BCUT2D eigenvalue weighted by Gasteiger charge is 2.23. The van der Waals surface area contributed by atoms with Crippen LogP contribution in [-0.2, 0) is 0 Å². The van der Waals surface area contributed by atoms with Gasteiger partial charge in [-0.2, -0.15) is 0 Å². The lowest BCUT2D eigenvalue weighted by molar-refractivity contribution is 0.0642. The summed E-state index contributed by atoms with van der Waals surface area (Å²) in [5.41, 5.74) is 0.706. The topological polar surface area (TPSA) is 45.7 Å². The number of methoxy groups -OCH3 is 1. The SMILES string of the molecule is CCCN1CCN(C(=O)c2cc3cc4ccc(OC)c(Cl)c4nc3s2)CC1. The van der Waals surface area contributed by atoms with E-state index in [9.17, 15) is 4.79 Å². The molecule has 0 atom stereocenters. The third-order valence-corrected chi connectivity index (χ3v) is 6.40. The number of piperazine rings is 1. The second-order valence-corrected chi connectivity index (χ2v) is 8.19. The summed E-state index contributed by atoms with van der Waals surface area (Å²) in [6, 6.07) is 7.77. The summed E-state index contributed by atoms with van der Waals surface area (Å²) in [6.07, 6.45) is 1.15. The normalized spacial score (nSPS) is 15.6. The summed E-state index contributed by atoms with van der Waals surface area (Å²) >= 11 is 7.84. The number of benzene rings is 1. The van der Waals surface area contributed by atoms with Crippen molar-refractivity contribution in [3.8, 4) is 5.75 Å². The Kier molecular flexibility index (Phi) is 5.21. The van der Waals surface area contributed by atoms with Crippen LogP contribution < -0.4 is 4.74 Å². The first-order valence-corrected chi connectivity index (χ1v) is 10.4. The number of amides is 1. The predicted molar refractivity (Wildman–Crippen MR) is 111 cm³/mol. The molecule has 0 spiro atoms. The minimum atomic E-state index is 0.0990. The summed E-state index contributed by atoms with van der Waals surface area (Å²) in [6.45, 7) is 6.75. The van der Waals surface area contributed by atoms with Gasteiger partial charge in [-0.1, -0.05) is 18.5 Å². The van der Waals surface area contributed by atoms with E-state index in [1.54, 1.807) is 7.11 Å². The van der Waals surface area contributed by atoms with Gasteiger partial charge in [0, 0.05) is 37.0 Å². The lowest BCUT2D eigenvalue weighted by atomic mass is 10.1. The van der Waals surface area contributed by atoms with Crippen molar-refractivity contribution in [3.05, 3.63) is 34.2 Å². The van der Waals surface area contributed by atoms with Gasteiger partial charge in [-0.15, -0.1) is 11.3 Å². The molecule has 4 rings (SSSR count). The molecule has 0 radical (unpaired) electrons. The Balaban J connectivity index is 1.62. The highest BCUT2D eigenvalue weighted by Crippen LogP contribution is 2.35. The number of fused-ring (bicyclic) bond motifs is 2. The molecule has 3 heterocycles. The number of hydrogen-bond donors (Lipinski definition) is 0. The number of carbonyl (C=O) groups excluding carboxylic acids is 1. The van der Waals surface area contributed by atoms with Crippen LogP contribution in [0.4, 0.5) is 0 Å². The average Bonchev–Trinajstić information content (AvgIpc) is 3.10. The molecule has 7 heteroatoms. The van der Waals surface area contributed by atoms with Gasteiger partial charge in [0.05, 0.1) is 17.5 Å². The zero-order chi connectivity index (χ0) is 19.0.